The number of hydrogen-bond donors (Lipinski definition) is 1. The highest BCUT2D eigenvalue weighted by molar-refractivity contribution is 5.83. The van der Waals surface area contributed by atoms with Crippen molar-refractivity contribution in [2.24, 2.45) is 0 Å². The molecule has 0 saturated carbocycles. The molecule has 2 aliphatic heterocycles. The van der Waals surface area contributed by atoms with Gasteiger partial charge in [0.2, 0.25) is 5.89 Å². The lowest BCUT2D eigenvalue weighted by molar-refractivity contribution is 0.181. The van der Waals surface area contributed by atoms with Crippen molar-refractivity contribution in [3.63, 3.8) is 0 Å². The van der Waals surface area contributed by atoms with Gasteiger partial charge in [0.15, 0.2) is 0 Å². The van der Waals surface area contributed by atoms with Gasteiger partial charge in [-0.3, -0.25) is 0 Å². The zero-order valence-electron chi connectivity index (χ0n) is 16.8. The number of fused-ring (bicyclic) bond motifs is 1. The van der Waals surface area contributed by atoms with Gasteiger partial charge < -0.3 is 14.7 Å². The first-order chi connectivity index (χ1) is 14.2. The van der Waals surface area contributed by atoms with Crippen LogP contribution in [0.1, 0.15) is 50.1 Å². The van der Waals surface area contributed by atoms with Gasteiger partial charge in [-0.25, -0.2) is 4.39 Å². The van der Waals surface area contributed by atoms with Gasteiger partial charge in [0.25, 0.3) is 5.95 Å². The predicted molar refractivity (Wildman–Crippen MR) is 108 cm³/mol. The highest BCUT2D eigenvalue weighted by Crippen LogP contribution is 2.29. The van der Waals surface area contributed by atoms with Crippen LogP contribution in [0, 0.1) is 5.82 Å². The normalized spacial score (nSPS) is 21.4. The third kappa shape index (κ3) is 3.55. The minimum atomic E-state index is -0.324. The topological polar surface area (TPSA) is 72.0 Å². The van der Waals surface area contributed by atoms with Gasteiger partial charge in [-0.1, -0.05) is 19.1 Å². The van der Waals surface area contributed by atoms with E-state index in [0.29, 0.717) is 29.8 Å². The molecule has 1 atom stereocenters. The molecule has 0 unspecified atom stereocenters. The van der Waals surface area contributed by atoms with Crippen molar-refractivity contribution in [2.45, 2.75) is 51.0 Å². The van der Waals surface area contributed by atoms with Crippen LogP contribution in [0.2, 0.25) is 0 Å². The van der Waals surface area contributed by atoms with E-state index in [-0.39, 0.29) is 11.7 Å². The summed E-state index contributed by atoms with van der Waals surface area (Å²) in [5.74, 6) is 0.875. The molecule has 0 bridgehead atoms. The average Bonchev–Trinajstić information content (AvgIpc) is 3.48. The largest absolute Gasteiger partial charge is 0.337 e. The Morgan fingerprint density at radius 3 is 2.86 bits per heavy atom. The Labute approximate surface area is 169 Å². The molecule has 0 amide bonds. The zero-order chi connectivity index (χ0) is 19.8. The second-order valence-corrected chi connectivity index (χ2v) is 8.15. The molecule has 2 aromatic heterocycles. The summed E-state index contributed by atoms with van der Waals surface area (Å²) in [6.07, 6.45) is 5.28. The molecule has 2 aliphatic rings. The molecule has 0 radical (unpaired) electrons. The maximum absolute atomic E-state index is 14.5. The van der Waals surface area contributed by atoms with E-state index in [0.717, 1.165) is 50.1 Å². The molecule has 5 rings (SSSR count). The third-order valence-corrected chi connectivity index (χ3v) is 6.26. The molecule has 4 heterocycles. The summed E-state index contributed by atoms with van der Waals surface area (Å²) in [7, 11) is 0. The van der Waals surface area contributed by atoms with Gasteiger partial charge in [0, 0.05) is 23.9 Å². The number of nitrogens with zero attached hydrogens (tertiary/aromatic N) is 5. The highest BCUT2D eigenvalue weighted by atomic mass is 19.1. The van der Waals surface area contributed by atoms with Crippen LogP contribution in [0.3, 0.4) is 0 Å². The Morgan fingerprint density at radius 2 is 2.10 bits per heavy atom. The third-order valence-electron chi connectivity index (χ3n) is 6.26. The van der Waals surface area contributed by atoms with E-state index in [2.05, 4.69) is 25.5 Å². The van der Waals surface area contributed by atoms with E-state index >= 15 is 0 Å². The van der Waals surface area contributed by atoms with Crippen LogP contribution in [0.25, 0.3) is 16.9 Å². The monoisotopic (exact) mass is 398 g/mol. The quantitative estimate of drug-likeness (QED) is 0.712. The number of para-hydroxylation sites is 1. The Morgan fingerprint density at radius 1 is 1.24 bits per heavy atom. The Balaban J connectivity index is 1.32. The lowest BCUT2D eigenvalue weighted by Crippen LogP contribution is -2.41. The molecule has 7 nitrogen and oxygen atoms in total. The van der Waals surface area contributed by atoms with Crippen LogP contribution in [-0.2, 0) is 6.42 Å². The first-order valence-electron chi connectivity index (χ1n) is 10.7. The molecule has 1 N–H and O–H groups in total. The smallest absolute Gasteiger partial charge is 0.291 e. The van der Waals surface area contributed by atoms with E-state index in [1.807, 2.05) is 13.0 Å². The number of aryl methyl sites for hydroxylation is 1. The second-order valence-electron chi connectivity index (χ2n) is 8.15. The van der Waals surface area contributed by atoms with Gasteiger partial charge in [0.05, 0.1) is 5.69 Å². The minimum Gasteiger partial charge on any atom is -0.337 e. The van der Waals surface area contributed by atoms with Gasteiger partial charge in [-0.05, 0) is 63.0 Å². The fourth-order valence-corrected chi connectivity index (χ4v) is 4.66. The Hall–Kier alpha value is -2.32. The second kappa shape index (κ2) is 7.84. The molecule has 2 saturated heterocycles. The number of halogens is 1. The lowest BCUT2D eigenvalue weighted by Gasteiger charge is -2.32. The molecule has 1 aromatic carbocycles. The molecular weight excluding hydrogens is 371 g/mol. The predicted octanol–water partition coefficient (Wildman–Crippen LogP) is 3.04. The molecule has 3 aromatic rings. The van der Waals surface area contributed by atoms with Crippen LogP contribution >= 0.6 is 0 Å². The van der Waals surface area contributed by atoms with Crippen LogP contribution in [0.15, 0.2) is 22.7 Å². The summed E-state index contributed by atoms with van der Waals surface area (Å²) in [5.41, 5.74) is 1.25. The van der Waals surface area contributed by atoms with Crippen LogP contribution in [-0.4, -0.2) is 57.0 Å². The number of nitrogens with one attached hydrogen (secondary N) is 1. The molecule has 0 aliphatic carbocycles. The Kier molecular flexibility index (Phi) is 5.05. The number of hydrogen-bond acceptors (Lipinski definition) is 6. The van der Waals surface area contributed by atoms with Gasteiger partial charge >= 0.3 is 0 Å². The number of benzene rings is 1. The van der Waals surface area contributed by atoms with Gasteiger partial charge in [-0.2, -0.15) is 14.8 Å². The number of rotatable bonds is 5. The van der Waals surface area contributed by atoms with Crippen LogP contribution in [0.4, 0.5) is 4.39 Å². The van der Waals surface area contributed by atoms with Crippen molar-refractivity contribution in [2.75, 3.05) is 26.2 Å². The molecule has 8 heteroatoms. The van der Waals surface area contributed by atoms with Crippen molar-refractivity contribution in [1.29, 1.82) is 0 Å². The average molecular weight is 398 g/mol. The first kappa shape index (κ1) is 18.7. The molecular formula is C21H27FN6O. The maximum Gasteiger partial charge on any atom is 0.291 e. The van der Waals surface area contributed by atoms with E-state index < -0.39 is 0 Å². The van der Waals surface area contributed by atoms with Gasteiger partial charge in [0.1, 0.15) is 11.3 Å². The van der Waals surface area contributed by atoms with Crippen molar-refractivity contribution in [3.8, 4) is 5.95 Å². The SMILES string of the molecule is CCc1nn(-c2noc(C3CCN(C[C@H]4CCCN4)CC3)n2)c2c(F)cccc12. The maximum atomic E-state index is 14.5. The minimum absolute atomic E-state index is 0.251. The summed E-state index contributed by atoms with van der Waals surface area (Å²) in [6, 6.07) is 5.67. The van der Waals surface area contributed by atoms with E-state index in [4.69, 9.17) is 4.52 Å². The highest BCUT2D eigenvalue weighted by Gasteiger charge is 2.28. The van der Waals surface area contributed by atoms with E-state index in [1.165, 1.54) is 23.6 Å². The summed E-state index contributed by atoms with van der Waals surface area (Å²) in [4.78, 5) is 7.12. The van der Waals surface area contributed by atoms with Crippen LogP contribution in [0.5, 0.6) is 0 Å². The van der Waals surface area contributed by atoms with Crippen molar-refractivity contribution >= 4 is 10.9 Å². The van der Waals surface area contributed by atoms with Gasteiger partial charge in [-0.15, -0.1) is 0 Å². The molecule has 154 valence electrons. The summed E-state index contributed by atoms with van der Waals surface area (Å²) >= 11 is 0. The summed E-state index contributed by atoms with van der Waals surface area (Å²) in [6.45, 7) is 6.36. The standard InChI is InChI=1S/C21H27FN6O/c1-2-18-16-6-3-7-17(22)19(16)28(25-18)21-24-20(29-26-21)14-8-11-27(12-9-14)13-15-5-4-10-23-15/h3,6-7,14-15,23H,2,4-5,8-13H2,1H3/t15-/m1/s1. The van der Waals surface area contributed by atoms with Crippen molar-refractivity contribution in [1.82, 2.24) is 30.1 Å². The fourth-order valence-electron chi connectivity index (χ4n) is 4.66. The molecule has 0 spiro atoms. The lowest BCUT2D eigenvalue weighted by atomic mass is 9.96. The number of likely N-dealkylation sites (tertiary alicyclic amines) is 1. The van der Waals surface area contributed by atoms with Crippen molar-refractivity contribution < 1.29 is 8.91 Å². The Bertz CT molecular complexity index is 984. The fraction of sp³-hybridized carbons (Fsp3) is 0.571. The van der Waals surface area contributed by atoms with E-state index in [9.17, 15) is 4.39 Å². The van der Waals surface area contributed by atoms with Crippen molar-refractivity contribution in [3.05, 3.63) is 35.6 Å². The summed E-state index contributed by atoms with van der Waals surface area (Å²) in [5, 5.41) is 13.0. The summed E-state index contributed by atoms with van der Waals surface area (Å²) < 4.78 is 21.6. The zero-order valence-corrected chi connectivity index (χ0v) is 16.8. The molecule has 2 fully saturated rings. The number of aromatic nitrogens is 4. The molecule has 29 heavy (non-hydrogen) atoms. The van der Waals surface area contributed by atoms with E-state index in [1.54, 1.807) is 6.07 Å². The van der Waals surface area contributed by atoms with Crippen LogP contribution < -0.4 is 5.32 Å². The number of piperidine rings is 1. The first-order valence-corrected chi connectivity index (χ1v) is 10.7.